The summed E-state index contributed by atoms with van der Waals surface area (Å²) >= 11 is 1.20. The highest BCUT2D eigenvalue weighted by atomic mass is 32.2. The molecule has 0 aliphatic carbocycles. The number of carboxylic acid groups (broad SMARTS) is 1. The lowest BCUT2D eigenvalue weighted by Gasteiger charge is -2.33. The molecule has 2 atom stereocenters. The molecule has 0 spiro atoms. The zero-order valence-corrected chi connectivity index (χ0v) is 9.63. The van der Waals surface area contributed by atoms with Crippen molar-refractivity contribution in [1.82, 2.24) is 4.90 Å². The van der Waals surface area contributed by atoms with E-state index < -0.39 is 16.9 Å². The van der Waals surface area contributed by atoms with Crippen LogP contribution in [-0.2, 0) is 14.4 Å². The van der Waals surface area contributed by atoms with Crippen molar-refractivity contribution in [2.45, 2.75) is 31.7 Å². The van der Waals surface area contributed by atoms with Crippen molar-refractivity contribution in [3.05, 3.63) is 0 Å². The first-order valence-corrected chi connectivity index (χ1v) is 5.47. The maximum atomic E-state index is 11.4. The van der Waals surface area contributed by atoms with E-state index in [1.54, 1.807) is 6.92 Å². The molecule has 15 heavy (non-hydrogen) atoms. The number of aliphatic carboxylic acids is 1. The monoisotopic (exact) mass is 231 g/mol. The Morgan fingerprint density at radius 2 is 1.93 bits per heavy atom. The third-order valence-electron chi connectivity index (χ3n) is 2.57. The molecule has 0 aromatic carbocycles. The largest absolute Gasteiger partial charge is 0.480 e. The molecule has 2 unspecified atom stereocenters. The molecule has 5 nitrogen and oxygen atoms in total. The summed E-state index contributed by atoms with van der Waals surface area (Å²) in [4.78, 5) is 33.9. The van der Waals surface area contributed by atoms with E-state index in [0.717, 1.165) is 4.90 Å². The number of carbonyl (C=O) groups is 3. The van der Waals surface area contributed by atoms with Crippen molar-refractivity contribution in [3.8, 4) is 0 Å². The van der Waals surface area contributed by atoms with Crippen molar-refractivity contribution >= 4 is 29.4 Å². The Balaban J connectivity index is 3.10. The van der Waals surface area contributed by atoms with E-state index in [2.05, 4.69) is 0 Å². The van der Waals surface area contributed by atoms with Gasteiger partial charge in [-0.15, -0.1) is 11.8 Å². The molecule has 0 radical (unpaired) electrons. The predicted molar refractivity (Wildman–Crippen MR) is 55.5 cm³/mol. The van der Waals surface area contributed by atoms with Gasteiger partial charge in [0.25, 0.3) is 0 Å². The van der Waals surface area contributed by atoms with E-state index >= 15 is 0 Å². The van der Waals surface area contributed by atoms with Gasteiger partial charge in [-0.05, 0) is 13.8 Å². The Bertz CT molecular complexity index is 330. The number of hydrogen-bond acceptors (Lipinski definition) is 4. The lowest BCUT2D eigenvalue weighted by atomic mass is 10.1. The van der Waals surface area contributed by atoms with Gasteiger partial charge in [0.05, 0.1) is 0 Å². The van der Waals surface area contributed by atoms with Crippen molar-refractivity contribution < 1.29 is 19.5 Å². The minimum atomic E-state index is -1.07. The second-order valence-corrected chi connectivity index (χ2v) is 5.01. The van der Waals surface area contributed by atoms with Gasteiger partial charge in [0.15, 0.2) is 5.78 Å². The first-order chi connectivity index (χ1) is 6.80. The Kier molecular flexibility index (Phi) is 3.08. The van der Waals surface area contributed by atoms with Crippen LogP contribution in [0.4, 0.5) is 0 Å². The zero-order chi connectivity index (χ0) is 11.8. The quantitative estimate of drug-likeness (QED) is 0.741. The van der Waals surface area contributed by atoms with Crippen LogP contribution < -0.4 is 0 Å². The second-order valence-electron chi connectivity index (χ2n) is 3.59. The zero-order valence-electron chi connectivity index (χ0n) is 8.81. The van der Waals surface area contributed by atoms with E-state index in [1.807, 2.05) is 0 Å². The van der Waals surface area contributed by atoms with Crippen molar-refractivity contribution in [1.29, 1.82) is 0 Å². The molecule has 0 aromatic heterocycles. The van der Waals surface area contributed by atoms with Crippen LogP contribution in [0.15, 0.2) is 0 Å². The lowest BCUT2D eigenvalue weighted by Crippen LogP contribution is -2.53. The van der Waals surface area contributed by atoms with Gasteiger partial charge in [-0.2, -0.15) is 0 Å². The SMILES string of the molecule is CC(=O)N1C(C(=O)O)CSC1(C)C(C)=O. The third-order valence-corrected chi connectivity index (χ3v) is 4.10. The molecule has 1 rings (SSSR count). The molecule has 1 amide bonds. The van der Waals surface area contributed by atoms with E-state index in [0.29, 0.717) is 0 Å². The number of carboxylic acids is 1. The van der Waals surface area contributed by atoms with Crippen LogP contribution in [0, 0.1) is 0 Å². The standard InChI is InChI=1S/C9H13NO4S/c1-5(11)9(3)10(6(2)12)7(4-15-9)8(13)14/h7H,4H2,1-3H3,(H,13,14). The predicted octanol–water partition coefficient (Wildman–Crippen LogP) is 0.340. The summed E-state index contributed by atoms with van der Waals surface area (Å²) in [6.07, 6.45) is 0. The van der Waals surface area contributed by atoms with Gasteiger partial charge in [-0.3, -0.25) is 9.59 Å². The van der Waals surface area contributed by atoms with Crippen LogP contribution in [-0.4, -0.2) is 44.3 Å². The minimum Gasteiger partial charge on any atom is -0.480 e. The smallest absolute Gasteiger partial charge is 0.327 e. The topological polar surface area (TPSA) is 74.7 Å². The Morgan fingerprint density at radius 3 is 2.27 bits per heavy atom. The van der Waals surface area contributed by atoms with E-state index in [4.69, 9.17) is 5.11 Å². The number of nitrogens with zero attached hydrogens (tertiary/aromatic N) is 1. The first kappa shape index (κ1) is 12.0. The molecule has 0 aromatic rings. The highest BCUT2D eigenvalue weighted by Gasteiger charge is 2.51. The van der Waals surface area contributed by atoms with Gasteiger partial charge in [-0.25, -0.2) is 4.79 Å². The highest BCUT2D eigenvalue weighted by Crippen LogP contribution is 2.40. The Labute approximate surface area is 91.8 Å². The average Bonchev–Trinajstić information content (AvgIpc) is 2.44. The molecule has 1 fully saturated rings. The minimum absolute atomic E-state index is 0.202. The summed E-state index contributed by atoms with van der Waals surface area (Å²) < 4.78 is 0. The second kappa shape index (κ2) is 3.84. The van der Waals surface area contributed by atoms with Gasteiger partial charge in [0.1, 0.15) is 10.9 Å². The number of thioether (sulfide) groups is 1. The summed E-state index contributed by atoms with van der Waals surface area (Å²) in [7, 11) is 0. The van der Waals surface area contributed by atoms with E-state index in [1.165, 1.54) is 25.6 Å². The number of hydrogen-bond donors (Lipinski definition) is 1. The Morgan fingerprint density at radius 1 is 1.40 bits per heavy atom. The fourth-order valence-corrected chi connectivity index (χ4v) is 3.03. The summed E-state index contributed by atoms with van der Waals surface area (Å²) in [5, 5.41) is 8.93. The number of Topliss-reactive ketones (excluding diaryl/α,β-unsaturated/α-hetero) is 1. The average molecular weight is 231 g/mol. The van der Waals surface area contributed by atoms with Crippen LogP contribution in [0.3, 0.4) is 0 Å². The summed E-state index contributed by atoms with van der Waals surface area (Å²) in [5.41, 5.74) is 0. The van der Waals surface area contributed by atoms with Crippen LogP contribution in [0.25, 0.3) is 0 Å². The molecule has 1 saturated heterocycles. The summed E-state index contributed by atoms with van der Waals surface area (Å²) in [6.45, 7) is 4.24. The van der Waals surface area contributed by atoms with E-state index in [9.17, 15) is 14.4 Å². The van der Waals surface area contributed by atoms with Gasteiger partial charge in [-0.1, -0.05) is 0 Å². The molecular weight excluding hydrogens is 218 g/mol. The molecule has 84 valence electrons. The number of carbonyl (C=O) groups excluding carboxylic acids is 2. The molecular formula is C9H13NO4S. The van der Waals surface area contributed by atoms with Crippen LogP contribution >= 0.6 is 11.8 Å². The number of amides is 1. The van der Waals surface area contributed by atoms with Crippen LogP contribution in [0.1, 0.15) is 20.8 Å². The van der Waals surface area contributed by atoms with Crippen molar-refractivity contribution in [3.63, 3.8) is 0 Å². The normalized spacial score (nSPS) is 30.3. The van der Waals surface area contributed by atoms with Gasteiger partial charge >= 0.3 is 5.97 Å². The fraction of sp³-hybridized carbons (Fsp3) is 0.667. The fourth-order valence-electron chi connectivity index (χ4n) is 1.66. The van der Waals surface area contributed by atoms with Crippen LogP contribution in [0.2, 0.25) is 0 Å². The van der Waals surface area contributed by atoms with Crippen molar-refractivity contribution in [2.24, 2.45) is 0 Å². The molecule has 0 bridgehead atoms. The van der Waals surface area contributed by atoms with Gasteiger partial charge in [0, 0.05) is 12.7 Å². The first-order valence-electron chi connectivity index (χ1n) is 4.48. The molecule has 0 saturated carbocycles. The molecule has 1 heterocycles. The summed E-state index contributed by atoms with van der Waals surface area (Å²) in [5.74, 6) is -1.40. The molecule has 1 aliphatic heterocycles. The maximum Gasteiger partial charge on any atom is 0.327 e. The lowest BCUT2D eigenvalue weighted by molar-refractivity contribution is -0.151. The molecule has 1 N–H and O–H groups in total. The number of ketones is 1. The van der Waals surface area contributed by atoms with E-state index in [-0.39, 0.29) is 17.4 Å². The number of rotatable bonds is 2. The Hall–Kier alpha value is -1.04. The van der Waals surface area contributed by atoms with Crippen LogP contribution in [0.5, 0.6) is 0 Å². The highest BCUT2D eigenvalue weighted by molar-refractivity contribution is 8.01. The van der Waals surface area contributed by atoms with Crippen molar-refractivity contribution in [2.75, 3.05) is 5.75 Å². The third kappa shape index (κ3) is 1.86. The molecule has 6 heteroatoms. The molecule has 1 aliphatic rings. The van der Waals surface area contributed by atoms with Gasteiger partial charge in [0.2, 0.25) is 5.91 Å². The summed E-state index contributed by atoms with van der Waals surface area (Å²) in [6, 6.07) is -0.901. The maximum absolute atomic E-state index is 11.4. The van der Waals surface area contributed by atoms with Gasteiger partial charge < -0.3 is 10.0 Å².